The Morgan fingerprint density at radius 1 is 1.16 bits per heavy atom. The van der Waals surface area contributed by atoms with Gasteiger partial charge >= 0.3 is 0 Å². The van der Waals surface area contributed by atoms with Gasteiger partial charge < -0.3 is 14.6 Å². The van der Waals surface area contributed by atoms with Gasteiger partial charge in [0.05, 0.1) is 17.3 Å². The maximum absolute atomic E-state index is 13.0. The van der Waals surface area contributed by atoms with Crippen molar-refractivity contribution in [3.8, 4) is 0 Å². The van der Waals surface area contributed by atoms with Gasteiger partial charge in [0, 0.05) is 31.5 Å². The van der Waals surface area contributed by atoms with E-state index in [2.05, 4.69) is 15.9 Å². The minimum Gasteiger partial charge on any atom is -0.371 e. The molecule has 1 N–H and O–H groups in total. The van der Waals surface area contributed by atoms with Crippen LogP contribution in [0.2, 0.25) is 0 Å². The van der Waals surface area contributed by atoms with Crippen LogP contribution in [0.25, 0.3) is 5.52 Å². The van der Waals surface area contributed by atoms with Gasteiger partial charge in [-0.1, -0.05) is 18.2 Å². The summed E-state index contributed by atoms with van der Waals surface area (Å²) in [6.07, 6.45) is 7.18. The second-order valence-corrected chi connectivity index (χ2v) is 6.44. The zero-order chi connectivity index (χ0) is 17.2. The van der Waals surface area contributed by atoms with Crippen molar-refractivity contribution < 1.29 is 4.79 Å². The van der Waals surface area contributed by atoms with E-state index in [0.29, 0.717) is 0 Å². The number of amides is 1. The predicted molar refractivity (Wildman–Crippen MR) is 98.8 cm³/mol. The number of carbonyl (C=O) groups is 1. The number of nitrogens with one attached hydrogen (secondary N) is 1. The summed E-state index contributed by atoms with van der Waals surface area (Å²) in [7, 11) is 1.88. The summed E-state index contributed by atoms with van der Waals surface area (Å²) in [5, 5.41) is 3.18. The first-order valence-electron chi connectivity index (χ1n) is 8.79. The summed E-state index contributed by atoms with van der Waals surface area (Å²) >= 11 is 0. The first kappa shape index (κ1) is 15.7. The topological polar surface area (TPSA) is 49.6 Å². The molecule has 25 heavy (non-hydrogen) atoms. The van der Waals surface area contributed by atoms with Gasteiger partial charge in [0.1, 0.15) is 5.82 Å². The molecule has 3 heterocycles. The summed E-state index contributed by atoms with van der Waals surface area (Å²) in [5.74, 6) is 0.936. The van der Waals surface area contributed by atoms with E-state index in [1.807, 2.05) is 60.6 Å². The van der Waals surface area contributed by atoms with E-state index in [0.717, 1.165) is 48.4 Å². The van der Waals surface area contributed by atoms with Gasteiger partial charge in [-0.15, -0.1) is 0 Å². The predicted octanol–water partition coefficient (Wildman–Crippen LogP) is 3.74. The number of piperidine rings is 1. The summed E-state index contributed by atoms with van der Waals surface area (Å²) < 4.78 is 2.08. The molecule has 1 aromatic carbocycles. The van der Waals surface area contributed by atoms with Gasteiger partial charge in [0.15, 0.2) is 0 Å². The normalized spacial score (nSPS) is 17.6. The number of benzene rings is 1. The van der Waals surface area contributed by atoms with Gasteiger partial charge in [0.25, 0.3) is 5.91 Å². The average molecular weight is 334 g/mol. The number of carbonyl (C=O) groups excluding carboxylic acids is 1. The van der Waals surface area contributed by atoms with Crippen LogP contribution >= 0.6 is 0 Å². The molecular formula is C20H22N4O. The summed E-state index contributed by atoms with van der Waals surface area (Å²) in [4.78, 5) is 19.8. The molecule has 5 heteroatoms. The first-order chi connectivity index (χ1) is 12.3. The highest BCUT2D eigenvalue weighted by Crippen LogP contribution is 2.32. The smallest absolute Gasteiger partial charge is 0.254 e. The number of aromatic nitrogens is 2. The molecule has 0 unspecified atom stereocenters. The number of fused-ring (bicyclic) bond motifs is 1. The highest BCUT2D eigenvalue weighted by Gasteiger charge is 2.30. The van der Waals surface area contributed by atoms with Crippen LogP contribution in [0.1, 0.15) is 41.4 Å². The molecule has 0 radical (unpaired) electrons. The number of anilines is 1. The van der Waals surface area contributed by atoms with Crippen molar-refractivity contribution in [2.24, 2.45) is 0 Å². The monoisotopic (exact) mass is 334 g/mol. The minimum atomic E-state index is 0.0142. The van der Waals surface area contributed by atoms with Crippen molar-refractivity contribution in [1.82, 2.24) is 14.3 Å². The lowest BCUT2D eigenvalue weighted by Crippen LogP contribution is -2.39. The van der Waals surface area contributed by atoms with E-state index in [4.69, 9.17) is 4.98 Å². The fourth-order valence-electron chi connectivity index (χ4n) is 3.64. The van der Waals surface area contributed by atoms with E-state index in [-0.39, 0.29) is 11.9 Å². The Balaban J connectivity index is 1.73. The fraction of sp³-hybridized carbons (Fsp3) is 0.300. The van der Waals surface area contributed by atoms with Crippen LogP contribution in [0.4, 0.5) is 5.82 Å². The largest absolute Gasteiger partial charge is 0.371 e. The molecule has 0 saturated carbocycles. The number of hydrogen-bond acceptors (Lipinski definition) is 3. The zero-order valence-electron chi connectivity index (χ0n) is 14.4. The van der Waals surface area contributed by atoms with E-state index < -0.39 is 0 Å². The molecule has 128 valence electrons. The Labute approximate surface area is 147 Å². The molecule has 5 nitrogen and oxygen atoms in total. The number of rotatable bonds is 3. The summed E-state index contributed by atoms with van der Waals surface area (Å²) in [6.45, 7) is 0.776. The number of likely N-dealkylation sites (tertiary alicyclic amines) is 1. The van der Waals surface area contributed by atoms with Crippen LogP contribution in [0.5, 0.6) is 0 Å². The maximum atomic E-state index is 13.0. The molecule has 1 aliphatic rings. The van der Waals surface area contributed by atoms with Gasteiger partial charge in [-0.05, 0) is 43.5 Å². The molecule has 1 aliphatic heterocycles. The van der Waals surface area contributed by atoms with Gasteiger partial charge in [-0.25, -0.2) is 4.98 Å². The third-order valence-corrected chi connectivity index (χ3v) is 4.90. The van der Waals surface area contributed by atoms with E-state index in [1.165, 1.54) is 0 Å². The highest BCUT2D eigenvalue weighted by atomic mass is 16.2. The van der Waals surface area contributed by atoms with Gasteiger partial charge in [-0.3, -0.25) is 4.79 Å². The van der Waals surface area contributed by atoms with Crippen molar-refractivity contribution in [2.45, 2.75) is 25.3 Å². The van der Waals surface area contributed by atoms with Crippen LogP contribution < -0.4 is 5.32 Å². The molecule has 0 aliphatic carbocycles. The van der Waals surface area contributed by atoms with Gasteiger partial charge in [-0.2, -0.15) is 0 Å². The Morgan fingerprint density at radius 2 is 2.00 bits per heavy atom. The molecule has 1 fully saturated rings. The van der Waals surface area contributed by atoms with Crippen LogP contribution in [-0.2, 0) is 0 Å². The first-order valence-corrected chi connectivity index (χ1v) is 8.79. The SMILES string of the molecule is CNc1nc([C@H]2CCCCN2C(=O)c2ccccc2)cn2cccc12. The van der Waals surface area contributed by atoms with E-state index >= 15 is 0 Å². The average Bonchev–Trinajstić information content (AvgIpc) is 3.16. The van der Waals surface area contributed by atoms with Crippen molar-refractivity contribution in [1.29, 1.82) is 0 Å². The van der Waals surface area contributed by atoms with Crippen LogP contribution in [0, 0.1) is 0 Å². The quantitative estimate of drug-likeness (QED) is 0.794. The second kappa shape index (κ2) is 6.59. The second-order valence-electron chi connectivity index (χ2n) is 6.44. The number of nitrogens with zero attached hydrogens (tertiary/aromatic N) is 3. The fourth-order valence-corrected chi connectivity index (χ4v) is 3.64. The molecule has 2 aromatic heterocycles. The molecule has 1 saturated heterocycles. The molecule has 0 spiro atoms. The van der Waals surface area contributed by atoms with E-state index in [1.54, 1.807) is 0 Å². The molecular weight excluding hydrogens is 312 g/mol. The van der Waals surface area contributed by atoms with Crippen molar-refractivity contribution in [3.63, 3.8) is 0 Å². The molecule has 3 aromatic rings. The summed E-state index contributed by atoms with van der Waals surface area (Å²) in [5.41, 5.74) is 2.73. The van der Waals surface area contributed by atoms with Crippen molar-refractivity contribution in [3.05, 3.63) is 66.1 Å². The zero-order valence-corrected chi connectivity index (χ0v) is 14.4. The lowest BCUT2D eigenvalue weighted by Gasteiger charge is -2.35. The minimum absolute atomic E-state index is 0.0142. The molecule has 4 rings (SSSR count). The standard InChI is InChI=1S/C20H22N4O/c1-21-19-18-11-7-12-23(18)14-16(22-19)17-10-5-6-13-24(17)20(25)15-8-3-2-4-9-15/h2-4,7-9,11-12,14,17H,5-6,10,13H2,1H3,(H,21,22)/t17-/m1/s1. The highest BCUT2D eigenvalue weighted by molar-refractivity contribution is 5.94. The maximum Gasteiger partial charge on any atom is 0.254 e. The Hall–Kier alpha value is -2.82. The van der Waals surface area contributed by atoms with Crippen LogP contribution in [-0.4, -0.2) is 33.8 Å². The van der Waals surface area contributed by atoms with E-state index in [9.17, 15) is 4.79 Å². The lowest BCUT2D eigenvalue weighted by molar-refractivity contribution is 0.0605. The van der Waals surface area contributed by atoms with Crippen molar-refractivity contribution in [2.75, 3.05) is 18.9 Å². The molecule has 1 amide bonds. The Bertz CT molecular complexity index is 887. The van der Waals surface area contributed by atoms with Crippen LogP contribution in [0.15, 0.2) is 54.9 Å². The lowest BCUT2D eigenvalue weighted by atomic mass is 9.98. The third-order valence-electron chi connectivity index (χ3n) is 4.90. The van der Waals surface area contributed by atoms with Crippen molar-refractivity contribution >= 4 is 17.2 Å². The van der Waals surface area contributed by atoms with Crippen LogP contribution in [0.3, 0.4) is 0 Å². The molecule has 0 bridgehead atoms. The Kier molecular flexibility index (Phi) is 4.14. The van der Waals surface area contributed by atoms with Gasteiger partial charge in [0.2, 0.25) is 0 Å². The Morgan fingerprint density at radius 3 is 2.80 bits per heavy atom. The number of hydrogen-bond donors (Lipinski definition) is 1. The molecule has 1 atom stereocenters. The third kappa shape index (κ3) is 2.86. The summed E-state index contributed by atoms with van der Waals surface area (Å²) in [6, 6.07) is 13.6.